The zero-order valence-corrected chi connectivity index (χ0v) is 11.8. The molecule has 0 fully saturated rings. The van der Waals surface area contributed by atoms with E-state index in [1.165, 1.54) is 11.1 Å². The Labute approximate surface area is 109 Å². The van der Waals surface area contributed by atoms with Gasteiger partial charge in [-0.05, 0) is 39.3 Å². The molecule has 1 aromatic carbocycles. The van der Waals surface area contributed by atoms with Crippen LogP contribution in [0.3, 0.4) is 0 Å². The maximum Gasteiger partial charge on any atom is 0.165 e. The third-order valence-corrected chi connectivity index (χ3v) is 3.20. The lowest BCUT2D eigenvalue weighted by atomic mass is 9.94. The largest absolute Gasteiger partial charge is 0.493 e. The topological polar surface area (TPSA) is 27.7 Å². The van der Waals surface area contributed by atoms with E-state index in [4.69, 9.17) is 14.2 Å². The zero-order chi connectivity index (χ0) is 13.3. The van der Waals surface area contributed by atoms with Crippen molar-refractivity contribution in [2.75, 3.05) is 7.11 Å². The van der Waals surface area contributed by atoms with E-state index >= 15 is 0 Å². The number of benzene rings is 1. The maximum absolute atomic E-state index is 5.95. The van der Waals surface area contributed by atoms with Gasteiger partial charge in [0, 0.05) is 12.0 Å². The van der Waals surface area contributed by atoms with Crippen molar-refractivity contribution in [3.8, 4) is 11.5 Å². The van der Waals surface area contributed by atoms with Crippen LogP contribution < -0.4 is 9.47 Å². The lowest BCUT2D eigenvalue weighted by Crippen LogP contribution is -2.23. The number of ether oxygens (including phenoxy) is 3. The van der Waals surface area contributed by atoms with E-state index in [1.54, 1.807) is 7.11 Å². The molecule has 100 valence electrons. The molecule has 0 aromatic heterocycles. The van der Waals surface area contributed by atoms with Crippen molar-refractivity contribution in [3.63, 3.8) is 0 Å². The molecule has 0 spiro atoms. The zero-order valence-electron chi connectivity index (χ0n) is 11.8. The summed E-state index contributed by atoms with van der Waals surface area (Å²) >= 11 is 0. The summed E-state index contributed by atoms with van der Waals surface area (Å²) in [6.45, 7) is 8.24. The molecule has 2 atom stereocenters. The van der Waals surface area contributed by atoms with Crippen LogP contribution in [0.25, 0.3) is 0 Å². The van der Waals surface area contributed by atoms with Crippen LogP contribution in [-0.4, -0.2) is 19.3 Å². The van der Waals surface area contributed by atoms with Gasteiger partial charge in [0.2, 0.25) is 0 Å². The van der Waals surface area contributed by atoms with E-state index in [-0.39, 0.29) is 18.3 Å². The molecule has 1 heterocycles. The van der Waals surface area contributed by atoms with Gasteiger partial charge in [-0.2, -0.15) is 0 Å². The first-order chi connectivity index (χ1) is 8.52. The van der Waals surface area contributed by atoms with Gasteiger partial charge in [-0.1, -0.05) is 6.07 Å². The van der Waals surface area contributed by atoms with Crippen LogP contribution in [0.1, 0.15) is 44.9 Å². The average molecular weight is 250 g/mol. The lowest BCUT2D eigenvalue weighted by molar-refractivity contribution is -0.00584. The smallest absolute Gasteiger partial charge is 0.165 e. The van der Waals surface area contributed by atoms with Crippen molar-refractivity contribution in [1.29, 1.82) is 0 Å². The van der Waals surface area contributed by atoms with Crippen LogP contribution in [0.2, 0.25) is 0 Å². The minimum atomic E-state index is 0.115. The second kappa shape index (κ2) is 5.19. The van der Waals surface area contributed by atoms with Gasteiger partial charge >= 0.3 is 0 Å². The molecule has 2 rings (SSSR count). The van der Waals surface area contributed by atoms with Crippen molar-refractivity contribution in [2.24, 2.45) is 0 Å². The van der Waals surface area contributed by atoms with Gasteiger partial charge in [-0.15, -0.1) is 0 Å². The first kappa shape index (κ1) is 13.2. The molecule has 0 unspecified atom stereocenters. The SMILES string of the molecule is COc1ccc2c(c1OC(C)C)C[C@H](C)O[C@@H]2C. The highest BCUT2D eigenvalue weighted by Crippen LogP contribution is 2.41. The van der Waals surface area contributed by atoms with Crippen LogP contribution >= 0.6 is 0 Å². The molecule has 0 amide bonds. The van der Waals surface area contributed by atoms with Crippen LogP contribution in [0, 0.1) is 0 Å². The number of rotatable bonds is 3. The van der Waals surface area contributed by atoms with Crippen LogP contribution in [0.4, 0.5) is 0 Å². The molecule has 0 radical (unpaired) electrons. The first-order valence-corrected chi connectivity index (χ1v) is 6.54. The minimum absolute atomic E-state index is 0.115. The van der Waals surface area contributed by atoms with Gasteiger partial charge in [-0.25, -0.2) is 0 Å². The van der Waals surface area contributed by atoms with E-state index in [1.807, 2.05) is 19.9 Å². The Hall–Kier alpha value is -1.22. The molecular weight excluding hydrogens is 228 g/mol. The molecule has 1 aromatic rings. The minimum Gasteiger partial charge on any atom is -0.493 e. The van der Waals surface area contributed by atoms with E-state index in [0.29, 0.717) is 0 Å². The molecule has 1 aliphatic rings. The van der Waals surface area contributed by atoms with Crippen molar-refractivity contribution in [3.05, 3.63) is 23.3 Å². The molecule has 0 saturated heterocycles. The Bertz CT molecular complexity index is 426. The van der Waals surface area contributed by atoms with E-state index in [2.05, 4.69) is 19.9 Å². The summed E-state index contributed by atoms with van der Waals surface area (Å²) < 4.78 is 17.2. The number of hydrogen-bond donors (Lipinski definition) is 0. The van der Waals surface area contributed by atoms with E-state index in [9.17, 15) is 0 Å². The predicted octanol–water partition coefficient (Wildman–Crippen LogP) is 3.50. The summed E-state index contributed by atoms with van der Waals surface area (Å²) in [5.74, 6) is 1.69. The monoisotopic (exact) mass is 250 g/mol. The Kier molecular flexibility index (Phi) is 3.81. The fourth-order valence-corrected chi connectivity index (χ4v) is 2.50. The second-order valence-electron chi connectivity index (χ2n) is 5.12. The Balaban J connectivity index is 2.50. The summed E-state index contributed by atoms with van der Waals surface area (Å²) in [4.78, 5) is 0. The first-order valence-electron chi connectivity index (χ1n) is 6.54. The van der Waals surface area contributed by atoms with E-state index in [0.717, 1.165) is 17.9 Å². The van der Waals surface area contributed by atoms with Gasteiger partial charge in [0.15, 0.2) is 11.5 Å². The van der Waals surface area contributed by atoms with Crippen LogP contribution in [-0.2, 0) is 11.2 Å². The quantitative estimate of drug-likeness (QED) is 0.821. The highest BCUT2D eigenvalue weighted by molar-refractivity contribution is 5.52. The second-order valence-corrected chi connectivity index (χ2v) is 5.12. The van der Waals surface area contributed by atoms with Crippen molar-refractivity contribution in [2.45, 2.75) is 52.4 Å². The third-order valence-electron chi connectivity index (χ3n) is 3.20. The molecule has 0 saturated carbocycles. The summed E-state index contributed by atoms with van der Waals surface area (Å²) in [6.07, 6.45) is 1.34. The molecular formula is C15H22O3. The molecule has 1 aliphatic heterocycles. The lowest BCUT2D eigenvalue weighted by Gasteiger charge is -2.30. The highest BCUT2D eigenvalue weighted by atomic mass is 16.5. The number of hydrogen-bond acceptors (Lipinski definition) is 3. The molecule has 18 heavy (non-hydrogen) atoms. The fraction of sp³-hybridized carbons (Fsp3) is 0.600. The molecule has 0 bridgehead atoms. The Morgan fingerprint density at radius 1 is 1.28 bits per heavy atom. The summed E-state index contributed by atoms with van der Waals surface area (Å²) in [6, 6.07) is 4.05. The van der Waals surface area contributed by atoms with Crippen LogP contribution in [0.5, 0.6) is 11.5 Å². The van der Waals surface area contributed by atoms with Gasteiger partial charge in [-0.3, -0.25) is 0 Å². The third kappa shape index (κ3) is 2.46. The van der Waals surface area contributed by atoms with Crippen molar-refractivity contribution >= 4 is 0 Å². The molecule has 0 aliphatic carbocycles. The summed E-state index contributed by atoms with van der Waals surface area (Å²) in [5, 5.41) is 0. The predicted molar refractivity (Wildman–Crippen MR) is 71.4 cm³/mol. The normalized spacial score (nSPS) is 22.8. The van der Waals surface area contributed by atoms with Gasteiger partial charge in [0.05, 0.1) is 25.4 Å². The fourth-order valence-electron chi connectivity index (χ4n) is 2.50. The number of fused-ring (bicyclic) bond motifs is 1. The average Bonchev–Trinajstić information content (AvgIpc) is 2.29. The van der Waals surface area contributed by atoms with Crippen LogP contribution in [0.15, 0.2) is 12.1 Å². The van der Waals surface area contributed by atoms with Gasteiger partial charge < -0.3 is 14.2 Å². The Morgan fingerprint density at radius 3 is 2.61 bits per heavy atom. The van der Waals surface area contributed by atoms with Crippen molar-refractivity contribution < 1.29 is 14.2 Å². The maximum atomic E-state index is 5.95. The highest BCUT2D eigenvalue weighted by Gasteiger charge is 2.27. The molecule has 3 heteroatoms. The molecule has 0 N–H and O–H groups in total. The van der Waals surface area contributed by atoms with Gasteiger partial charge in [0.25, 0.3) is 0 Å². The summed E-state index contributed by atoms with van der Waals surface area (Å²) in [5.41, 5.74) is 2.44. The number of methoxy groups -OCH3 is 1. The standard InChI is InChI=1S/C15H22O3/c1-9(2)17-15-13-8-10(3)18-11(4)12(13)6-7-14(15)16-5/h6-7,9-11H,8H2,1-5H3/t10-,11+/m0/s1. The van der Waals surface area contributed by atoms with Crippen molar-refractivity contribution in [1.82, 2.24) is 0 Å². The van der Waals surface area contributed by atoms with E-state index < -0.39 is 0 Å². The Morgan fingerprint density at radius 2 is 2.00 bits per heavy atom. The molecule has 3 nitrogen and oxygen atoms in total. The summed E-state index contributed by atoms with van der Waals surface area (Å²) in [7, 11) is 1.68. The van der Waals surface area contributed by atoms with Gasteiger partial charge in [0.1, 0.15) is 0 Å².